The van der Waals surface area contributed by atoms with Gasteiger partial charge in [-0.05, 0) is 45.0 Å². The van der Waals surface area contributed by atoms with Crippen molar-refractivity contribution in [2.24, 2.45) is 0 Å². The summed E-state index contributed by atoms with van der Waals surface area (Å²) >= 11 is 6.14. The van der Waals surface area contributed by atoms with E-state index >= 15 is 0 Å². The van der Waals surface area contributed by atoms with Crippen molar-refractivity contribution in [3.8, 4) is 17.4 Å². The van der Waals surface area contributed by atoms with Gasteiger partial charge in [-0.25, -0.2) is 9.67 Å². The lowest BCUT2D eigenvalue weighted by atomic mass is 10.1. The van der Waals surface area contributed by atoms with Crippen molar-refractivity contribution < 1.29 is 9.47 Å². The average molecular weight is 388 g/mol. The first-order valence-corrected chi connectivity index (χ1v) is 9.33. The first-order chi connectivity index (χ1) is 13.0. The van der Waals surface area contributed by atoms with Crippen LogP contribution in [0.2, 0.25) is 5.02 Å². The van der Waals surface area contributed by atoms with Crippen molar-refractivity contribution in [2.75, 3.05) is 27.2 Å². The van der Waals surface area contributed by atoms with Crippen LogP contribution in [0, 0.1) is 6.92 Å². The van der Waals surface area contributed by atoms with Gasteiger partial charge in [0, 0.05) is 30.0 Å². The number of nitrogens with zero attached hydrogens (tertiary/aromatic N) is 5. The first-order valence-electron chi connectivity index (χ1n) is 8.95. The molecule has 2 aromatic heterocycles. The van der Waals surface area contributed by atoms with Crippen molar-refractivity contribution >= 4 is 22.6 Å². The highest BCUT2D eigenvalue weighted by atomic mass is 35.5. The van der Waals surface area contributed by atoms with E-state index in [1.165, 1.54) is 0 Å². The van der Waals surface area contributed by atoms with Gasteiger partial charge >= 0.3 is 6.01 Å². The molecule has 0 radical (unpaired) electrons. The molecule has 27 heavy (non-hydrogen) atoms. The highest BCUT2D eigenvalue weighted by Crippen LogP contribution is 2.31. The van der Waals surface area contributed by atoms with Crippen LogP contribution in [0.5, 0.6) is 11.8 Å². The number of fused-ring (bicyclic) bond motifs is 1. The van der Waals surface area contributed by atoms with Gasteiger partial charge in [-0.2, -0.15) is 4.98 Å². The van der Waals surface area contributed by atoms with Gasteiger partial charge < -0.3 is 14.4 Å². The Bertz CT molecular complexity index is 974. The number of hydrogen-bond acceptors (Lipinski definition) is 6. The third-order valence-corrected chi connectivity index (χ3v) is 4.99. The largest absolute Gasteiger partial charge is 0.494 e. The molecule has 142 valence electrons. The van der Waals surface area contributed by atoms with E-state index in [2.05, 4.69) is 27.0 Å². The Morgan fingerprint density at radius 1 is 1.30 bits per heavy atom. The fourth-order valence-electron chi connectivity index (χ4n) is 3.49. The van der Waals surface area contributed by atoms with E-state index < -0.39 is 0 Å². The molecule has 1 atom stereocenters. The van der Waals surface area contributed by atoms with Crippen LogP contribution in [0.4, 0.5) is 0 Å². The van der Waals surface area contributed by atoms with E-state index in [9.17, 15) is 0 Å². The van der Waals surface area contributed by atoms with Crippen LogP contribution in [-0.4, -0.2) is 58.0 Å². The standard InChI is InChI=1S/C19H22ClN5O2/c1-12-7-14(20)8-16(26-3)17(12)25-10-13-9-21-19(22-18(13)23-25)27-15-5-4-6-24(2)11-15/h7-10,15H,4-6,11H2,1-3H3/t15-/m1/s1. The Balaban J connectivity index is 1.66. The maximum atomic E-state index is 6.14. The van der Waals surface area contributed by atoms with Crippen molar-refractivity contribution in [1.29, 1.82) is 0 Å². The zero-order valence-electron chi connectivity index (χ0n) is 15.6. The van der Waals surface area contributed by atoms with E-state index in [0.29, 0.717) is 22.4 Å². The SMILES string of the molecule is COc1cc(Cl)cc(C)c1-n1cc2cnc(O[C@@H]3CCCN(C)C3)nc2n1. The first kappa shape index (κ1) is 18.0. The van der Waals surface area contributed by atoms with Crippen LogP contribution in [0.15, 0.2) is 24.5 Å². The highest BCUT2D eigenvalue weighted by molar-refractivity contribution is 6.30. The van der Waals surface area contributed by atoms with Crippen molar-refractivity contribution in [3.05, 3.63) is 35.1 Å². The molecule has 0 bridgehead atoms. The van der Waals surface area contributed by atoms with Gasteiger partial charge in [-0.3, -0.25) is 0 Å². The molecule has 0 N–H and O–H groups in total. The van der Waals surface area contributed by atoms with Gasteiger partial charge in [0.25, 0.3) is 0 Å². The van der Waals surface area contributed by atoms with Crippen LogP contribution >= 0.6 is 11.6 Å². The number of halogens is 1. The summed E-state index contributed by atoms with van der Waals surface area (Å²) in [6.45, 7) is 3.96. The molecule has 1 aliphatic rings. The summed E-state index contributed by atoms with van der Waals surface area (Å²) in [4.78, 5) is 11.1. The van der Waals surface area contributed by atoms with Gasteiger partial charge in [0.15, 0.2) is 5.65 Å². The number of piperidine rings is 1. The number of aryl methyl sites for hydroxylation is 1. The van der Waals surface area contributed by atoms with Gasteiger partial charge in [-0.15, -0.1) is 5.10 Å². The summed E-state index contributed by atoms with van der Waals surface area (Å²) < 4.78 is 13.2. The normalized spacial score (nSPS) is 18.0. The summed E-state index contributed by atoms with van der Waals surface area (Å²) in [6, 6.07) is 4.02. The molecular weight excluding hydrogens is 366 g/mol. The van der Waals surface area contributed by atoms with Crippen LogP contribution in [0.1, 0.15) is 18.4 Å². The molecule has 0 aliphatic carbocycles. The third kappa shape index (κ3) is 3.70. The molecule has 3 aromatic rings. The average Bonchev–Trinajstić information content (AvgIpc) is 3.03. The number of likely N-dealkylation sites (N-methyl/N-ethyl adjacent to an activating group) is 1. The molecule has 1 saturated heterocycles. The molecule has 1 aliphatic heterocycles. The number of hydrogen-bond donors (Lipinski definition) is 0. The molecule has 1 fully saturated rings. The van der Waals surface area contributed by atoms with E-state index in [1.54, 1.807) is 24.1 Å². The minimum absolute atomic E-state index is 0.113. The van der Waals surface area contributed by atoms with Gasteiger partial charge in [-0.1, -0.05) is 11.6 Å². The molecule has 3 heterocycles. The van der Waals surface area contributed by atoms with Gasteiger partial charge in [0.2, 0.25) is 0 Å². The molecule has 7 nitrogen and oxygen atoms in total. The second-order valence-electron chi connectivity index (χ2n) is 6.92. The number of ether oxygens (including phenoxy) is 2. The van der Waals surface area contributed by atoms with Crippen molar-refractivity contribution in [2.45, 2.75) is 25.9 Å². The lowest BCUT2D eigenvalue weighted by Crippen LogP contribution is -2.38. The van der Waals surface area contributed by atoms with E-state index in [1.807, 2.05) is 19.2 Å². The highest BCUT2D eigenvalue weighted by Gasteiger charge is 2.20. The van der Waals surface area contributed by atoms with Gasteiger partial charge in [0.05, 0.1) is 12.5 Å². The maximum absolute atomic E-state index is 6.14. The fourth-order valence-corrected chi connectivity index (χ4v) is 3.75. The number of likely N-dealkylation sites (tertiary alicyclic amines) is 1. The summed E-state index contributed by atoms with van der Waals surface area (Å²) in [5.41, 5.74) is 2.37. The number of rotatable bonds is 4. The molecule has 0 unspecified atom stereocenters. The zero-order valence-corrected chi connectivity index (χ0v) is 16.4. The number of methoxy groups -OCH3 is 1. The Kier molecular flexibility index (Phi) is 4.88. The minimum Gasteiger partial charge on any atom is -0.494 e. The quantitative estimate of drug-likeness (QED) is 0.684. The maximum Gasteiger partial charge on any atom is 0.318 e. The lowest BCUT2D eigenvalue weighted by molar-refractivity contribution is 0.0958. The topological polar surface area (TPSA) is 65.3 Å². The van der Waals surface area contributed by atoms with Crippen LogP contribution < -0.4 is 9.47 Å². The van der Waals surface area contributed by atoms with E-state index in [4.69, 9.17) is 21.1 Å². The predicted octanol–water partition coefficient (Wildman–Crippen LogP) is 3.26. The van der Waals surface area contributed by atoms with Crippen molar-refractivity contribution in [3.63, 3.8) is 0 Å². The van der Waals surface area contributed by atoms with Crippen LogP contribution in [0.3, 0.4) is 0 Å². The Morgan fingerprint density at radius 2 is 2.15 bits per heavy atom. The van der Waals surface area contributed by atoms with Gasteiger partial charge in [0.1, 0.15) is 17.5 Å². The summed E-state index contributed by atoms with van der Waals surface area (Å²) in [6.07, 6.45) is 5.87. The summed E-state index contributed by atoms with van der Waals surface area (Å²) in [5, 5.41) is 6.06. The second kappa shape index (κ2) is 7.32. The fraction of sp³-hybridized carbons (Fsp3) is 0.421. The summed E-state index contributed by atoms with van der Waals surface area (Å²) in [7, 11) is 3.72. The van der Waals surface area contributed by atoms with E-state index in [0.717, 1.165) is 42.6 Å². The molecule has 4 rings (SSSR count). The predicted molar refractivity (Wildman–Crippen MR) is 104 cm³/mol. The lowest BCUT2D eigenvalue weighted by Gasteiger charge is -2.29. The third-order valence-electron chi connectivity index (χ3n) is 4.77. The smallest absolute Gasteiger partial charge is 0.318 e. The summed E-state index contributed by atoms with van der Waals surface area (Å²) in [5.74, 6) is 0.655. The van der Waals surface area contributed by atoms with Crippen LogP contribution in [-0.2, 0) is 0 Å². The van der Waals surface area contributed by atoms with Crippen LogP contribution in [0.25, 0.3) is 16.7 Å². The molecule has 0 spiro atoms. The molecule has 0 amide bonds. The number of aromatic nitrogens is 4. The van der Waals surface area contributed by atoms with E-state index in [-0.39, 0.29) is 6.10 Å². The molecule has 0 saturated carbocycles. The Labute approximate surface area is 162 Å². The molecular formula is C19H22ClN5O2. The zero-order chi connectivity index (χ0) is 19.0. The molecule has 8 heteroatoms. The second-order valence-corrected chi connectivity index (χ2v) is 7.36. The minimum atomic E-state index is 0.113. The van der Waals surface area contributed by atoms with Crippen molar-refractivity contribution in [1.82, 2.24) is 24.6 Å². The number of benzene rings is 1. The Hall–Kier alpha value is -2.38. The molecule has 1 aromatic carbocycles. The Morgan fingerprint density at radius 3 is 2.93 bits per heavy atom. The monoisotopic (exact) mass is 387 g/mol.